The predicted molar refractivity (Wildman–Crippen MR) is 75.2 cm³/mol. The molecule has 1 unspecified atom stereocenters. The van der Waals surface area contributed by atoms with Gasteiger partial charge < -0.3 is 15.3 Å². The molecule has 0 bridgehead atoms. The van der Waals surface area contributed by atoms with Crippen LogP contribution in [-0.2, 0) is 0 Å². The zero-order valence-corrected chi connectivity index (χ0v) is 11.1. The molecule has 6 nitrogen and oxygen atoms in total. The number of carbonyl (C=O) groups is 1. The first-order valence-electron chi connectivity index (χ1n) is 6.51. The number of aromatic amines is 2. The number of benzene rings is 1. The summed E-state index contributed by atoms with van der Waals surface area (Å²) in [6, 6.07) is 5.28. The molecule has 2 aromatic heterocycles. The Kier molecular flexibility index (Phi) is 3.20. The van der Waals surface area contributed by atoms with Crippen molar-refractivity contribution < 1.29 is 4.79 Å². The Labute approximate surface area is 115 Å². The van der Waals surface area contributed by atoms with Crippen LogP contribution in [0, 0.1) is 0 Å². The number of nitrogens with zero attached hydrogens (tertiary/aromatic N) is 2. The van der Waals surface area contributed by atoms with E-state index in [-0.39, 0.29) is 11.9 Å². The normalized spacial score (nSPS) is 12.4. The number of rotatable bonds is 4. The Morgan fingerprint density at radius 3 is 3.00 bits per heavy atom. The second-order valence-corrected chi connectivity index (χ2v) is 4.54. The van der Waals surface area contributed by atoms with Crippen LogP contribution in [0.3, 0.4) is 0 Å². The molecule has 1 atom stereocenters. The SMILES string of the molecule is CCC(NC(=O)c1ccc2nc[nH]c2c1)c1ncc[nH]1. The summed E-state index contributed by atoms with van der Waals surface area (Å²) in [5.41, 5.74) is 2.30. The first-order chi connectivity index (χ1) is 9.78. The van der Waals surface area contributed by atoms with E-state index in [2.05, 4.69) is 25.3 Å². The zero-order valence-electron chi connectivity index (χ0n) is 11.1. The molecule has 0 spiro atoms. The Hall–Kier alpha value is -2.63. The highest BCUT2D eigenvalue weighted by molar-refractivity contribution is 5.97. The smallest absolute Gasteiger partial charge is 0.251 e. The van der Waals surface area contributed by atoms with Crippen LogP contribution in [0.15, 0.2) is 36.9 Å². The maximum Gasteiger partial charge on any atom is 0.251 e. The van der Waals surface area contributed by atoms with Crippen LogP contribution in [0.2, 0.25) is 0 Å². The van der Waals surface area contributed by atoms with Gasteiger partial charge in [0, 0.05) is 18.0 Å². The van der Waals surface area contributed by atoms with Gasteiger partial charge >= 0.3 is 0 Å². The highest BCUT2D eigenvalue weighted by Gasteiger charge is 2.16. The highest BCUT2D eigenvalue weighted by Crippen LogP contribution is 2.15. The molecule has 20 heavy (non-hydrogen) atoms. The zero-order chi connectivity index (χ0) is 13.9. The van der Waals surface area contributed by atoms with Crippen molar-refractivity contribution in [2.24, 2.45) is 0 Å². The summed E-state index contributed by atoms with van der Waals surface area (Å²) in [6.07, 6.45) is 5.82. The van der Waals surface area contributed by atoms with E-state index in [4.69, 9.17) is 0 Å². The number of nitrogens with one attached hydrogen (secondary N) is 3. The molecular weight excluding hydrogens is 254 g/mol. The number of carbonyl (C=O) groups excluding carboxylic acids is 1. The van der Waals surface area contributed by atoms with Crippen molar-refractivity contribution in [3.05, 3.63) is 48.3 Å². The number of imidazole rings is 2. The van der Waals surface area contributed by atoms with Crippen molar-refractivity contribution in [1.29, 1.82) is 0 Å². The summed E-state index contributed by atoms with van der Waals surface area (Å²) >= 11 is 0. The van der Waals surface area contributed by atoms with Crippen molar-refractivity contribution in [3.8, 4) is 0 Å². The van der Waals surface area contributed by atoms with Gasteiger partial charge in [-0.15, -0.1) is 0 Å². The van der Waals surface area contributed by atoms with Crippen LogP contribution in [0.25, 0.3) is 11.0 Å². The lowest BCUT2D eigenvalue weighted by atomic mass is 10.1. The first kappa shape index (κ1) is 12.4. The van der Waals surface area contributed by atoms with Gasteiger partial charge in [0.1, 0.15) is 5.82 Å². The summed E-state index contributed by atoms with van der Waals surface area (Å²) in [6.45, 7) is 2.01. The fourth-order valence-electron chi connectivity index (χ4n) is 2.15. The third kappa shape index (κ3) is 2.27. The molecule has 3 rings (SSSR count). The maximum absolute atomic E-state index is 12.3. The molecule has 6 heteroatoms. The van der Waals surface area contributed by atoms with E-state index in [0.29, 0.717) is 5.56 Å². The van der Waals surface area contributed by atoms with Crippen LogP contribution in [0.1, 0.15) is 35.6 Å². The lowest BCUT2D eigenvalue weighted by Gasteiger charge is -2.14. The maximum atomic E-state index is 12.3. The van der Waals surface area contributed by atoms with E-state index in [1.54, 1.807) is 30.9 Å². The molecule has 0 aliphatic heterocycles. The number of amides is 1. The van der Waals surface area contributed by atoms with Gasteiger partial charge in [-0.25, -0.2) is 9.97 Å². The molecule has 0 saturated carbocycles. The first-order valence-corrected chi connectivity index (χ1v) is 6.51. The van der Waals surface area contributed by atoms with Gasteiger partial charge in [0.25, 0.3) is 5.91 Å². The Morgan fingerprint density at radius 1 is 1.35 bits per heavy atom. The number of H-pyrrole nitrogens is 2. The third-order valence-corrected chi connectivity index (χ3v) is 3.25. The van der Waals surface area contributed by atoms with E-state index >= 15 is 0 Å². The van der Waals surface area contributed by atoms with Gasteiger partial charge in [0.05, 0.1) is 23.4 Å². The fraction of sp³-hybridized carbons (Fsp3) is 0.214. The molecule has 0 fully saturated rings. The second kappa shape index (κ2) is 5.16. The molecule has 0 radical (unpaired) electrons. The van der Waals surface area contributed by atoms with Crippen molar-refractivity contribution in [1.82, 2.24) is 25.3 Å². The molecule has 3 aromatic rings. The average Bonchev–Trinajstić information content (AvgIpc) is 3.14. The molecule has 1 aromatic carbocycles. The Bertz CT molecular complexity index is 716. The van der Waals surface area contributed by atoms with Crippen molar-refractivity contribution >= 4 is 16.9 Å². The van der Waals surface area contributed by atoms with E-state index in [1.807, 2.05) is 13.0 Å². The molecule has 102 valence electrons. The number of hydrogen-bond donors (Lipinski definition) is 3. The summed E-state index contributed by atoms with van der Waals surface area (Å²) in [5.74, 6) is 0.646. The molecule has 1 amide bonds. The van der Waals surface area contributed by atoms with Gasteiger partial charge in [-0.2, -0.15) is 0 Å². The summed E-state index contributed by atoms with van der Waals surface area (Å²) in [5, 5.41) is 2.98. The summed E-state index contributed by atoms with van der Waals surface area (Å²) in [7, 11) is 0. The van der Waals surface area contributed by atoms with Crippen LogP contribution < -0.4 is 5.32 Å². The molecular formula is C14H15N5O. The van der Waals surface area contributed by atoms with E-state index < -0.39 is 0 Å². The monoisotopic (exact) mass is 269 g/mol. The standard InChI is InChI=1S/C14H15N5O/c1-2-10(13-15-5-6-16-13)19-14(20)9-3-4-11-12(7-9)18-8-17-11/h3-8,10H,2H2,1H3,(H,15,16)(H,17,18)(H,19,20). The summed E-state index contributed by atoms with van der Waals surface area (Å²) in [4.78, 5) is 26.6. The van der Waals surface area contributed by atoms with Gasteiger partial charge in [-0.1, -0.05) is 6.92 Å². The Morgan fingerprint density at radius 2 is 2.25 bits per heavy atom. The molecule has 0 aliphatic rings. The second-order valence-electron chi connectivity index (χ2n) is 4.54. The van der Waals surface area contributed by atoms with E-state index in [0.717, 1.165) is 23.3 Å². The van der Waals surface area contributed by atoms with Crippen LogP contribution in [0.5, 0.6) is 0 Å². The third-order valence-electron chi connectivity index (χ3n) is 3.25. The molecule has 3 N–H and O–H groups in total. The van der Waals surface area contributed by atoms with Crippen LogP contribution in [-0.4, -0.2) is 25.8 Å². The minimum Gasteiger partial charge on any atom is -0.347 e. The summed E-state index contributed by atoms with van der Waals surface area (Å²) < 4.78 is 0. The van der Waals surface area contributed by atoms with E-state index in [1.165, 1.54) is 0 Å². The minimum atomic E-state index is -0.121. The topological polar surface area (TPSA) is 86.5 Å². The van der Waals surface area contributed by atoms with Crippen molar-refractivity contribution in [3.63, 3.8) is 0 Å². The van der Waals surface area contributed by atoms with Gasteiger partial charge in [-0.3, -0.25) is 4.79 Å². The van der Waals surface area contributed by atoms with Crippen LogP contribution >= 0.6 is 0 Å². The molecule has 0 saturated heterocycles. The largest absolute Gasteiger partial charge is 0.347 e. The number of hydrogen-bond acceptors (Lipinski definition) is 3. The minimum absolute atomic E-state index is 0.116. The fourth-order valence-corrected chi connectivity index (χ4v) is 2.15. The van der Waals surface area contributed by atoms with Gasteiger partial charge in [0.2, 0.25) is 0 Å². The predicted octanol–water partition coefficient (Wildman–Crippen LogP) is 2.17. The quantitative estimate of drug-likeness (QED) is 0.678. The average molecular weight is 269 g/mol. The van der Waals surface area contributed by atoms with E-state index in [9.17, 15) is 4.79 Å². The molecule has 0 aliphatic carbocycles. The van der Waals surface area contributed by atoms with Gasteiger partial charge in [0.15, 0.2) is 0 Å². The van der Waals surface area contributed by atoms with Gasteiger partial charge in [-0.05, 0) is 24.6 Å². The Balaban J connectivity index is 1.81. The van der Waals surface area contributed by atoms with Crippen LogP contribution in [0.4, 0.5) is 0 Å². The molecule has 2 heterocycles. The van der Waals surface area contributed by atoms with Crippen molar-refractivity contribution in [2.45, 2.75) is 19.4 Å². The highest BCUT2D eigenvalue weighted by atomic mass is 16.1. The number of fused-ring (bicyclic) bond motifs is 1. The number of aromatic nitrogens is 4. The van der Waals surface area contributed by atoms with Crippen molar-refractivity contribution in [2.75, 3.05) is 0 Å². The lowest BCUT2D eigenvalue weighted by molar-refractivity contribution is 0.0934. The lowest BCUT2D eigenvalue weighted by Crippen LogP contribution is -2.28.